The summed E-state index contributed by atoms with van der Waals surface area (Å²) < 4.78 is 5.11. The van der Waals surface area contributed by atoms with Crippen LogP contribution in [0.15, 0.2) is 36.5 Å². The molecule has 0 saturated carbocycles. The number of hydrogen-bond acceptors (Lipinski definition) is 3. The van der Waals surface area contributed by atoms with E-state index >= 15 is 0 Å². The van der Waals surface area contributed by atoms with Gasteiger partial charge in [0.1, 0.15) is 0 Å². The second kappa shape index (κ2) is 6.53. The van der Waals surface area contributed by atoms with Crippen LogP contribution < -0.4 is 10.1 Å². The average molecular weight is 270 g/mol. The Balaban J connectivity index is 2.34. The third-order valence-corrected chi connectivity index (χ3v) is 3.22. The Hall–Kier alpha value is -1.87. The third kappa shape index (κ3) is 3.58. The molecule has 0 unspecified atom stereocenters. The number of aryl methyl sites for hydroxylation is 1. The molecule has 0 fully saturated rings. The third-order valence-electron chi connectivity index (χ3n) is 3.22. The van der Waals surface area contributed by atoms with Crippen LogP contribution in [-0.4, -0.2) is 18.1 Å². The van der Waals surface area contributed by atoms with E-state index in [9.17, 15) is 0 Å². The van der Waals surface area contributed by atoms with E-state index in [-0.39, 0.29) is 0 Å². The maximum Gasteiger partial charge on any atom is 0.212 e. The van der Waals surface area contributed by atoms with Crippen LogP contribution in [0.25, 0.3) is 11.1 Å². The lowest BCUT2D eigenvalue weighted by Crippen LogP contribution is -2.22. The van der Waals surface area contributed by atoms with E-state index < -0.39 is 0 Å². The normalized spacial score (nSPS) is 10.8. The molecule has 0 atom stereocenters. The van der Waals surface area contributed by atoms with Crippen molar-refractivity contribution in [3.63, 3.8) is 0 Å². The van der Waals surface area contributed by atoms with Crippen LogP contribution in [0.5, 0.6) is 5.88 Å². The summed E-state index contributed by atoms with van der Waals surface area (Å²) >= 11 is 0. The summed E-state index contributed by atoms with van der Waals surface area (Å²) in [5.41, 5.74) is 4.89. The number of nitrogens with one attached hydrogen (secondary N) is 1. The standard InChI is InChI=1S/C17H22N2O/c1-12(2)18-10-14-6-5-13(3)9-16(14)15-7-8-17(20-4)19-11-15/h5-9,11-12,18H,10H2,1-4H3. The summed E-state index contributed by atoms with van der Waals surface area (Å²) in [5.74, 6) is 0.642. The van der Waals surface area contributed by atoms with Crippen LogP contribution >= 0.6 is 0 Å². The highest BCUT2D eigenvalue weighted by atomic mass is 16.5. The lowest BCUT2D eigenvalue weighted by molar-refractivity contribution is 0.398. The highest BCUT2D eigenvalue weighted by Crippen LogP contribution is 2.25. The Kier molecular flexibility index (Phi) is 4.74. The molecule has 1 aromatic heterocycles. The predicted molar refractivity (Wildman–Crippen MR) is 82.9 cm³/mol. The number of hydrogen-bond donors (Lipinski definition) is 1. The first-order valence-corrected chi connectivity index (χ1v) is 6.93. The van der Waals surface area contributed by atoms with Gasteiger partial charge in [-0.1, -0.05) is 37.6 Å². The van der Waals surface area contributed by atoms with E-state index in [1.54, 1.807) is 7.11 Å². The number of methoxy groups -OCH3 is 1. The van der Waals surface area contributed by atoms with E-state index in [2.05, 4.69) is 55.3 Å². The van der Waals surface area contributed by atoms with Gasteiger partial charge >= 0.3 is 0 Å². The molecule has 1 N–H and O–H groups in total. The molecular formula is C17H22N2O. The van der Waals surface area contributed by atoms with Crippen LogP contribution in [0.4, 0.5) is 0 Å². The summed E-state index contributed by atoms with van der Waals surface area (Å²) in [6.45, 7) is 7.28. The molecule has 0 saturated heterocycles. The summed E-state index contributed by atoms with van der Waals surface area (Å²) in [5, 5.41) is 3.47. The predicted octanol–water partition coefficient (Wildman–Crippen LogP) is 3.56. The zero-order chi connectivity index (χ0) is 14.5. The molecule has 3 heteroatoms. The molecular weight excluding hydrogens is 248 g/mol. The lowest BCUT2D eigenvalue weighted by atomic mass is 9.98. The summed E-state index contributed by atoms with van der Waals surface area (Å²) in [6, 6.07) is 11.0. The molecule has 2 rings (SSSR count). The Bertz CT molecular complexity index is 562. The monoisotopic (exact) mass is 270 g/mol. The zero-order valence-corrected chi connectivity index (χ0v) is 12.6. The molecule has 0 radical (unpaired) electrons. The Morgan fingerprint density at radius 2 is 2.00 bits per heavy atom. The van der Waals surface area contributed by atoms with Gasteiger partial charge < -0.3 is 10.1 Å². The molecule has 0 amide bonds. The fraction of sp³-hybridized carbons (Fsp3) is 0.353. The molecule has 3 nitrogen and oxygen atoms in total. The number of nitrogens with zero attached hydrogens (tertiary/aromatic N) is 1. The van der Waals surface area contributed by atoms with Crippen molar-refractivity contribution in [2.24, 2.45) is 0 Å². The van der Waals surface area contributed by atoms with Gasteiger partial charge in [-0.15, -0.1) is 0 Å². The molecule has 0 bridgehead atoms. The van der Waals surface area contributed by atoms with Crippen LogP contribution in [0, 0.1) is 6.92 Å². The van der Waals surface area contributed by atoms with Gasteiger partial charge in [0.2, 0.25) is 5.88 Å². The second-order valence-electron chi connectivity index (χ2n) is 5.29. The first-order chi connectivity index (χ1) is 9.60. The van der Waals surface area contributed by atoms with Gasteiger partial charge in [-0.25, -0.2) is 4.98 Å². The largest absolute Gasteiger partial charge is 0.481 e. The molecule has 106 valence electrons. The highest BCUT2D eigenvalue weighted by Gasteiger charge is 2.07. The van der Waals surface area contributed by atoms with Crippen molar-refractivity contribution >= 4 is 0 Å². The first kappa shape index (κ1) is 14.5. The minimum atomic E-state index is 0.471. The molecule has 20 heavy (non-hydrogen) atoms. The average Bonchev–Trinajstić information content (AvgIpc) is 2.46. The number of rotatable bonds is 5. The van der Waals surface area contributed by atoms with Gasteiger partial charge in [0.15, 0.2) is 0 Å². The molecule has 1 aromatic carbocycles. The van der Waals surface area contributed by atoms with Gasteiger partial charge in [-0.05, 0) is 24.1 Å². The van der Waals surface area contributed by atoms with E-state index in [0.717, 1.165) is 12.1 Å². The number of pyridine rings is 1. The van der Waals surface area contributed by atoms with Crippen LogP contribution in [0.1, 0.15) is 25.0 Å². The second-order valence-corrected chi connectivity index (χ2v) is 5.29. The quantitative estimate of drug-likeness (QED) is 0.902. The Morgan fingerprint density at radius 1 is 1.20 bits per heavy atom. The van der Waals surface area contributed by atoms with Crippen molar-refractivity contribution < 1.29 is 4.74 Å². The minimum Gasteiger partial charge on any atom is -0.481 e. The van der Waals surface area contributed by atoms with Crippen molar-refractivity contribution in [2.75, 3.05) is 7.11 Å². The van der Waals surface area contributed by atoms with Crippen LogP contribution in [0.3, 0.4) is 0 Å². The summed E-state index contributed by atoms with van der Waals surface area (Å²) in [6.07, 6.45) is 1.87. The maximum atomic E-state index is 5.11. The fourth-order valence-corrected chi connectivity index (χ4v) is 2.09. The fourth-order valence-electron chi connectivity index (χ4n) is 2.09. The topological polar surface area (TPSA) is 34.1 Å². The summed E-state index contributed by atoms with van der Waals surface area (Å²) in [4.78, 5) is 4.30. The SMILES string of the molecule is COc1ccc(-c2cc(C)ccc2CNC(C)C)cn1. The maximum absolute atomic E-state index is 5.11. The van der Waals surface area contributed by atoms with Gasteiger partial charge in [-0.2, -0.15) is 0 Å². The van der Waals surface area contributed by atoms with Crippen molar-refractivity contribution in [3.05, 3.63) is 47.7 Å². The number of aromatic nitrogens is 1. The molecule has 0 aliphatic carbocycles. The smallest absolute Gasteiger partial charge is 0.212 e. The van der Waals surface area contributed by atoms with Crippen LogP contribution in [-0.2, 0) is 6.54 Å². The number of benzene rings is 1. The van der Waals surface area contributed by atoms with Crippen molar-refractivity contribution in [1.29, 1.82) is 0 Å². The van der Waals surface area contributed by atoms with E-state index in [0.29, 0.717) is 11.9 Å². The van der Waals surface area contributed by atoms with Crippen LogP contribution in [0.2, 0.25) is 0 Å². The summed E-state index contributed by atoms with van der Waals surface area (Å²) in [7, 11) is 1.63. The van der Waals surface area contributed by atoms with Gasteiger partial charge in [0.05, 0.1) is 7.11 Å². The van der Waals surface area contributed by atoms with Gasteiger partial charge in [0, 0.05) is 30.4 Å². The number of ether oxygens (including phenoxy) is 1. The highest BCUT2D eigenvalue weighted by molar-refractivity contribution is 5.67. The molecule has 0 spiro atoms. The lowest BCUT2D eigenvalue weighted by Gasteiger charge is -2.14. The first-order valence-electron chi connectivity index (χ1n) is 6.93. The van der Waals surface area contributed by atoms with Gasteiger partial charge in [-0.3, -0.25) is 0 Å². The molecule has 0 aliphatic rings. The molecule has 2 aromatic rings. The zero-order valence-electron chi connectivity index (χ0n) is 12.6. The van der Waals surface area contributed by atoms with E-state index in [1.807, 2.05) is 12.3 Å². The van der Waals surface area contributed by atoms with E-state index in [4.69, 9.17) is 4.74 Å². The minimum absolute atomic E-state index is 0.471. The van der Waals surface area contributed by atoms with Gasteiger partial charge in [0.25, 0.3) is 0 Å². The molecule has 0 aliphatic heterocycles. The molecule has 1 heterocycles. The van der Waals surface area contributed by atoms with Crippen molar-refractivity contribution in [2.45, 2.75) is 33.4 Å². The van der Waals surface area contributed by atoms with Crippen molar-refractivity contribution in [1.82, 2.24) is 10.3 Å². The van der Waals surface area contributed by atoms with E-state index in [1.165, 1.54) is 16.7 Å². The Morgan fingerprint density at radius 3 is 2.60 bits per heavy atom. The van der Waals surface area contributed by atoms with Crippen molar-refractivity contribution in [3.8, 4) is 17.0 Å². The Labute approximate surface area is 121 Å².